The van der Waals surface area contributed by atoms with Gasteiger partial charge >= 0.3 is 0 Å². The van der Waals surface area contributed by atoms with Crippen LogP contribution >= 0.6 is 11.6 Å². The van der Waals surface area contributed by atoms with Crippen LogP contribution in [0.1, 0.15) is 39.9 Å². The van der Waals surface area contributed by atoms with Crippen molar-refractivity contribution in [3.8, 4) is 0 Å². The van der Waals surface area contributed by atoms with Gasteiger partial charge in [0, 0.05) is 12.0 Å². The average molecular weight is 202 g/mol. The molecule has 0 saturated carbocycles. The summed E-state index contributed by atoms with van der Waals surface area (Å²) < 4.78 is 1.97. The highest BCUT2D eigenvalue weighted by atomic mass is 35.5. The van der Waals surface area contributed by atoms with Gasteiger partial charge in [-0.2, -0.15) is 0 Å². The zero-order chi connectivity index (χ0) is 10.1. The fraction of sp³-hybridized carbons (Fsp3) is 0.778. The maximum Gasteiger partial charge on any atom is 0.225 e. The van der Waals surface area contributed by atoms with E-state index in [-0.39, 0.29) is 5.41 Å². The van der Waals surface area contributed by atoms with E-state index in [1.54, 1.807) is 0 Å². The van der Waals surface area contributed by atoms with Crippen molar-refractivity contribution in [1.29, 1.82) is 0 Å². The number of aromatic nitrogens is 3. The maximum absolute atomic E-state index is 5.92. The summed E-state index contributed by atoms with van der Waals surface area (Å²) in [5, 5.41) is 8.46. The molecule has 0 amide bonds. The van der Waals surface area contributed by atoms with E-state index in [0.29, 0.717) is 5.28 Å². The minimum atomic E-state index is 0.00924. The fourth-order valence-electron chi connectivity index (χ4n) is 1.26. The molecule has 74 valence electrons. The van der Waals surface area contributed by atoms with Gasteiger partial charge in [0.2, 0.25) is 5.28 Å². The Morgan fingerprint density at radius 2 is 1.92 bits per heavy atom. The Labute approximate surface area is 84.1 Å². The van der Waals surface area contributed by atoms with E-state index in [2.05, 4.69) is 37.9 Å². The number of nitrogens with zero attached hydrogens (tertiary/aromatic N) is 3. The second-order valence-electron chi connectivity index (χ2n) is 4.19. The molecule has 0 aliphatic rings. The molecule has 1 rings (SSSR count). The minimum absolute atomic E-state index is 0.00924. The molecule has 0 N–H and O–H groups in total. The van der Waals surface area contributed by atoms with Gasteiger partial charge in [-0.15, -0.1) is 10.2 Å². The van der Waals surface area contributed by atoms with Crippen LogP contribution in [0, 0.1) is 0 Å². The molecule has 1 aromatic heterocycles. The van der Waals surface area contributed by atoms with E-state index in [9.17, 15) is 0 Å². The van der Waals surface area contributed by atoms with Crippen LogP contribution in [-0.4, -0.2) is 14.8 Å². The van der Waals surface area contributed by atoms with Gasteiger partial charge in [0.25, 0.3) is 0 Å². The van der Waals surface area contributed by atoms with Crippen LogP contribution in [0.3, 0.4) is 0 Å². The number of halogens is 1. The average Bonchev–Trinajstić information content (AvgIpc) is 2.32. The zero-order valence-corrected chi connectivity index (χ0v) is 9.39. The number of hydrogen-bond donors (Lipinski definition) is 0. The molecule has 1 aromatic rings. The van der Waals surface area contributed by atoms with Crippen LogP contribution in [-0.2, 0) is 12.0 Å². The van der Waals surface area contributed by atoms with E-state index in [4.69, 9.17) is 11.6 Å². The first-order valence-electron chi connectivity index (χ1n) is 4.56. The normalized spacial score (nSPS) is 12.1. The third kappa shape index (κ3) is 2.21. The van der Waals surface area contributed by atoms with Crippen molar-refractivity contribution < 1.29 is 0 Å². The lowest BCUT2D eigenvalue weighted by atomic mass is 9.96. The van der Waals surface area contributed by atoms with Gasteiger partial charge < -0.3 is 4.57 Å². The van der Waals surface area contributed by atoms with Gasteiger partial charge in [0.1, 0.15) is 5.82 Å². The SMILES string of the molecule is CCCn1c(Cl)nnc1C(C)(C)C. The molecule has 0 aliphatic carbocycles. The Bertz CT molecular complexity index is 286. The Hall–Kier alpha value is -0.570. The maximum atomic E-state index is 5.92. The van der Waals surface area contributed by atoms with Gasteiger partial charge in [0.15, 0.2) is 0 Å². The number of hydrogen-bond acceptors (Lipinski definition) is 2. The second kappa shape index (κ2) is 3.66. The van der Waals surface area contributed by atoms with Crippen molar-refractivity contribution in [1.82, 2.24) is 14.8 Å². The molecule has 0 aliphatic heterocycles. The fourth-order valence-corrected chi connectivity index (χ4v) is 1.46. The van der Waals surface area contributed by atoms with Crippen molar-refractivity contribution in [3.05, 3.63) is 11.1 Å². The van der Waals surface area contributed by atoms with Crippen LogP contribution in [0.5, 0.6) is 0 Å². The lowest BCUT2D eigenvalue weighted by molar-refractivity contribution is 0.494. The van der Waals surface area contributed by atoms with E-state index in [1.807, 2.05) is 4.57 Å². The molecule has 0 spiro atoms. The lowest BCUT2D eigenvalue weighted by Crippen LogP contribution is -2.19. The Balaban J connectivity index is 3.07. The first-order valence-corrected chi connectivity index (χ1v) is 4.93. The summed E-state index contributed by atoms with van der Waals surface area (Å²) in [7, 11) is 0. The smallest absolute Gasteiger partial charge is 0.225 e. The number of rotatable bonds is 2. The Morgan fingerprint density at radius 1 is 1.31 bits per heavy atom. The standard InChI is InChI=1S/C9H16ClN3/c1-5-6-13-7(9(2,3)4)11-12-8(13)10/h5-6H2,1-4H3. The van der Waals surface area contributed by atoms with Gasteiger partial charge in [-0.25, -0.2) is 0 Å². The predicted molar refractivity (Wildman–Crippen MR) is 54.0 cm³/mol. The van der Waals surface area contributed by atoms with Crippen molar-refractivity contribution in [3.63, 3.8) is 0 Å². The Morgan fingerprint density at radius 3 is 2.38 bits per heavy atom. The van der Waals surface area contributed by atoms with Gasteiger partial charge in [-0.1, -0.05) is 27.7 Å². The second-order valence-corrected chi connectivity index (χ2v) is 4.53. The van der Waals surface area contributed by atoms with Gasteiger partial charge in [-0.3, -0.25) is 0 Å². The first-order chi connectivity index (χ1) is 5.96. The minimum Gasteiger partial charge on any atom is -0.301 e. The Kier molecular flexibility index (Phi) is 2.96. The first kappa shape index (κ1) is 10.5. The molecule has 4 heteroatoms. The zero-order valence-electron chi connectivity index (χ0n) is 8.63. The van der Waals surface area contributed by atoms with E-state index < -0.39 is 0 Å². The highest BCUT2D eigenvalue weighted by molar-refractivity contribution is 6.28. The van der Waals surface area contributed by atoms with Crippen LogP contribution < -0.4 is 0 Å². The van der Waals surface area contributed by atoms with Crippen molar-refractivity contribution >= 4 is 11.6 Å². The molecule has 1 heterocycles. The van der Waals surface area contributed by atoms with E-state index >= 15 is 0 Å². The third-order valence-electron chi connectivity index (χ3n) is 1.82. The largest absolute Gasteiger partial charge is 0.301 e. The summed E-state index contributed by atoms with van der Waals surface area (Å²) in [5.41, 5.74) is 0.00924. The van der Waals surface area contributed by atoms with Crippen LogP contribution in [0.25, 0.3) is 0 Å². The molecule has 0 bridgehead atoms. The third-order valence-corrected chi connectivity index (χ3v) is 2.10. The molecule has 0 saturated heterocycles. The predicted octanol–water partition coefficient (Wildman–Crippen LogP) is 2.64. The molecule has 0 aromatic carbocycles. The van der Waals surface area contributed by atoms with E-state index in [1.165, 1.54) is 0 Å². The molecule has 0 atom stereocenters. The summed E-state index contributed by atoms with van der Waals surface area (Å²) in [6, 6.07) is 0. The summed E-state index contributed by atoms with van der Waals surface area (Å²) in [6.07, 6.45) is 1.04. The highest BCUT2D eigenvalue weighted by Gasteiger charge is 2.22. The molecular formula is C9H16ClN3. The van der Waals surface area contributed by atoms with E-state index in [0.717, 1.165) is 18.8 Å². The van der Waals surface area contributed by atoms with Gasteiger partial charge in [-0.05, 0) is 18.0 Å². The van der Waals surface area contributed by atoms with Crippen molar-refractivity contribution in [2.45, 2.75) is 46.1 Å². The summed E-state index contributed by atoms with van der Waals surface area (Å²) >= 11 is 5.92. The lowest BCUT2D eigenvalue weighted by Gasteiger charge is -2.18. The molecular weight excluding hydrogens is 186 g/mol. The monoisotopic (exact) mass is 201 g/mol. The quantitative estimate of drug-likeness (QED) is 0.737. The van der Waals surface area contributed by atoms with Crippen LogP contribution in [0.2, 0.25) is 5.28 Å². The van der Waals surface area contributed by atoms with Crippen molar-refractivity contribution in [2.24, 2.45) is 0 Å². The van der Waals surface area contributed by atoms with Crippen LogP contribution in [0.4, 0.5) is 0 Å². The molecule has 3 nitrogen and oxygen atoms in total. The molecule has 0 radical (unpaired) electrons. The molecule has 13 heavy (non-hydrogen) atoms. The van der Waals surface area contributed by atoms with Gasteiger partial charge in [0.05, 0.1) is 0 Å². The molecule has 0 fully saturated rings. The van der Waals surface area contributed by atoms with Crippen molar-refractivity contribution in [2.75, 3.05) is 0 Å². The summed E-state index contributed by atoms with van der Waals surface area (Å²) in [4.78, 5) is 0. The summed E-state index contributed by atoms with van der Waals surface area (Å²) in [6.45, 7) is 9.33. The highest BCUT2D eigenvalue weighted by Crippen LogP contribution is 2.22. The van der Waals surface area contributed by atoms with Crippen LogP contribution in [0.15, 0.2) is 0 Å². The molecule has 0 unspecified atom stereocenters. The summed E-state index contributed by atoms with van der Waals surface area (Å²) in [5.74, 6) is 0.958. The topological polar surface area (TPSA) is 30.7 Å².